The lowest BCUT2D eigenvalue weighted by molar-refractivity contribution is -0.187. The molecule has 1 heterocycles. The van der Waals surface area contributed by atoms with Gasteiger partial charge in [0.25, 0.3) is 0 Å². The average molecular weight is 425 g/mol. The molecule has 3 fully saturated rings. The molecule has 0 bridgehead atoms. The predicted octanol–water partition coefficient (Wildman–Crippen LogP) is 2.69. The summed E-state index contributed by atoms with van der Waals surface area (Å²) in [6.07, 6.45) is 4.78. The van der Waals surface area contributed by atoms with Gasteiger partial charge < -0.3 is 25.2 Å². The minimum absolute atomic E-state index is 0.0764. The number of nitrogens with zero attached hydrogens (tertiary/aromatic N) is 1. The molecule has 1 aliphatic heterocycles. The van der Waals surface area contributed by atoms with Crippen molar-refractivity contribution in [3.8, 4) is 0 Å². The highest BCUT2D eigenvalue weighted by Gasteiger charge is 2.60. The van der Waals surface area contributed by atoms with E-state index in [1.807, 2.05) is 18.7 Å². The largest absolute Gasteiger partial charge is 0.446 e. The Balaban J connectivity index is 1.78. The summed E-state index contributed by atoms with van der Waals surface area (Å²) in [5.41, 5.74) is -0.865. The Kier molecular flexibility index (Phi) is 7.33. The van der Waals surface area contributed by atoms with Gasteiger partial charge in [0.15, 0.2) is 0 Å². The summed E-state index contributed by atoms with van der Waals surface area (Å²) in [4.78, 5) is 27.1. The lowest BCUT2D eigenvalue weighted by Crippen LogP contribution is -2.61. The molecule has 1 unspecified atom stereocenters. The monoisotopic (exact) mass is 424 g/mol. The molecule has 30 heavy (non-hydrogen) atoms. The van der Waals surface area contributed by atoms with Gasteiger partial charge in [-0.1, -0.05) is 20.8 Å². The van der Waals surface area contributed by atoms with Crippen molar-refractivity contribution in [3.05, 3.63) is 0 Å². The highest BCUT2D eigenvalue weighted by molar-refractivity contribution is 5.77. The van der Waals surface area contributed by atoms with Crippen LogP contribution >= 0.6 is 0 Å². The quantitative estimate of drug-likeness (QED) is 0.609. The van der Waals surface area contributed by atoms with Gasteiger partial charge in [-0.3, -0.25) is 4.79 Å². The summed E-state index contributed by atoms with van der Waals surface area (Å²) in [6, 6.07) is 0. The summed E-state index contributed by atoms with van der Waals surface area (Å²) in [5.74, 6) is 0.0824. The second-order valence-corrected chi connectivity index (χ2v) is 10.1. The molecule has 3 N–H and O–H groups in total. The molecule has 0 spiro atoms. The lowest BCUT2D eigenvalue weighted by Gasteiger charge is -2.60. The van der Waals surface area contributed by atoms with Gasteiger partial charge in [0, 0.05) is 31.5 Å². The summed E-state index contributed by atoms with van der Waals surface area (Å²) < 4.78 is 5.77. The number of amides is 2. The number of alkyl carbamates (subject to hydrolysis) is 1. The first-order valence-electron chi connectivity index (χ1n) is 11.8. The van der Waals surface area contributed by atoms with E-state index >= 15 is 0 Å². The summed E-state index contributed by atoms with van der Waals surface area (Å²) in [7, 11) is 0. The molecule has 2 saturated carbocycles. The molecule has 0 aromatic heterocycles. The minimum atomic E-state index is -0.592. The Labute approximate surface area is 180 Å². The van der Waals surface area contributed by atoms with Crippen molar-refractivity contribution >= 4 is 12.0 Å². The van der Waals surface area contributed by atoms with Crippen LogP contribution in [0.25, 0.3) is 0 Å². The van der Waals surface area contributed by atoms with E-state index in [4.69, 9.17) is 4.74 Å². The molecule has 7 heteroatoms. The van der Waals surface area contributed by atoms with E-state index < -0.39 is 17.6 Å². The Morgan fingerprint density at radius 3 is 2.50 bits per heavy atom. The molecule has 0 aromatic rings. The van der Waals surface area contributed by atoms with Crippen LogP contribution in [0.3, 0.4) is 0 Å². The molecule has 2 aliphatic carbocycles. The Morgan fingerprint density at radius 2 is 1.87 bits per heavy atom. The van der Waals surface area contributed by atoms with Crippen molar-refractivity contribution in [2.45, 2.75) is 84.3 Å². The fourth-order valence-electron chi connectivity index (χ4n) is 6.46. The predicted molar refractivity (Wildman–Crippen MR) is 114 cm³/mol. The zero-order valence-electron chi connectivity index (χ0n) is 18.9. The third-order valence-electron chi connectivity index (χ3n) is 8.30. The van der Waals surface area contributed by atoms with Crippen molar-refractivity contribution in [2.24, 2.45) is 22.7 Å². The third-order valence-corrected chi connectivity index (χ3v) is 8.30. The number of carbonyl (C=O) groups is 2. The van der Waals surface area contributed by atoms with Crippen molar-refractivity contribution in [1.82, 2.24) is 10.2 Å². The van der Waals surface area contributed by atoms with Crippen LogP contribution in [-0.4, -0.2) is 65.6 Å². The van der Waals surface area contributed by atoms with E-state index in [2.05, 4.69) is 12.2 Å². The highest BCUT2D eigenvalue weighted by Crippen LogP contribution is 2.61. The smallest absolute Gasteiger partial charge is 0.407 e. The Morgan fingerprint density at radius 1 is 1.17 bits per heavy atom. The minimum Gasteiger partial charge on any atom is -0.446 e. The first kappa shape index (κ1) is 23.3. The molecular weight excluding hydrogens is 384 g/mol. The SMILES string of the molecule is CCCNC(=O)O[C@@H]1CC[C@]2(C)C(CC[C@@H](O)[C@H]2CC(=O)N2CCCC2)[C@]1(C)CO. The van der Waals surface area contributed by atoms with Crippen LogP contribution < -0.4 is 5.32 Å². The van der Waals surface area contributed by atoms with Crippen LogP contribution in [-0.2, 0) is 9.53 Å². The van der Waals surface area contributed by atoms with Gasteiger partial charge in [0.05, 0.1) is 12.7 Å². The number of nitrogens with one attached hydrogen (secondary N) is 1. The first-order chi connectivity index (χ1) is 14.3. The summed E-state index contributed by atoms with van der Waals surface area (Å²) >= 11 is 0. The molecule has 7 nitrogen and oxygen atoms in total. The zero-order valence-corrected chi connectivity index (χ0v) is 18.9. The van der Waals surface area contributed by atoms with Gasteiger partial charge in [-0.05, 0) is 62.2 Å². The van der Waals surface area contributed by atoms with Gasteiger partial charge in [-0.15, -0.1) is 0 Å². The number of likely N-dealkylation sites (tertiary alicyclic amines) is 1. The van der Waals surface area contributed by atoms with E-state index in [9.17, 15) is 19.8 Å². The number of ether oxygens (including phenoxy) is 1. The van der Waals surface area contributed by atoms with Crippen LogP contribution in [0.15, 0.2) is 0 Å². The molecule has 0 aromatic carbocycles. The van der Waals surface area contributed by atoms with Gasteiger partial charge in [0.1, 0.15) is 6.10 Å². The van der Waals surface area contributed by atoms with Crippen LogP contribution in [0.5, 0.6) is 0 Å². The molecule has 2 amide bonds. The summed E-state index contributed by atoms with van der Waals surface area (Å²) in [6.45, 7) is 8.28. The van der Waals surface area contributed by atoms with Crippen molar-refractivity contribution in [1.29, 1.82) is 0 Å². The topological polar surface area (TPSA) is 99.1 Å². The number of hydrogen-bond donors (Lipinski definition) is 3. The highest BCUT2D eigenvalue weighted by atomic mass is 16.6. The van der Waals surface area contributed by atoms with Crippen LogP contribution in [0, 0.1) is 22.7 Å². The first-order valence-corrected chi connectivity index (χ1v) is 11.8. The number of aliphatic hydroxyl groups excluding tert-OH is 2. The van der Waals surface area contributed by atoms with Gasteiger partial charge >= 0.3 is 6.09 Å². The molecule has 172 valence electrons. The molecule has 0 radical (unpaired) electrons. The maximum absolute atomic E-state index is 12.9. The summed E-state index contributed by atoms with van der Waals surface area (Å²) in [5, 5.41) is 24.1. The number of carbonyl (C=O) groups excluding carboxylic acids is 2. The zero-order chi connectivity index (χ0) is 21.9. The van der Waals surface area contributed by atoms with E-state index in [1.165, 1.54) is 0 Å². The second kappa shape index (κ2) is 9.43. The van der Waals surface area contributed by atoms with Gasteiger partial charge in [-0.2, -0.15) is 0 Å². The van der Waals surface area contributed by atoms with Gasteiger partial charge in [-0.25, -0.2) is 4.79 Å². The van der Waals surface area contributed by atoms with E-state index in [1.54, 1.807) is 0 Å². The standard InChI is InChI=1S/C23H40N2O5/c1-4-11-24-21(29)30-19-9-10-22(2)16(14-20(28)25-12-5-6-13-25)17(27)7-8-18(22)23(19,3)15-26/h16-19,26-27H,4-15H2,1-3H3,(H,24,29)/t16-,17-,18?,19-,22+,23+/m1/s1. The molecule has 1 saturated heterocycles. The molecule has 6 atom stereocenters. The second-order valence-electron chi connectivity index (χ2n) is 10.1. The maximum Gasteiger partial charge on any atom is 0.407 e. The van der Waals surface area contributed by atoms with Crippen LogP contribution in [0.4, 0.5) is 4.79 Å². The Bertz CT molecular complexity index is 623. The van der Waals surface area contributed by atoms with Crippen molar-refractivity contribution in [2.75, 3.05) is 26.2 Å². The molecule has 3 rings (SSSR count). The fourth-order valence-corrected chi connectivity index (χ4v) is 6.46. The van der Waals surface area contributed by atoms with E-state index in [0.29, 0.717) is 25.8 Å². The van der Waals surface area contributed by atoms with Crippen molar-refractivity contribution in [3.63, 3.8) is 0 Å². The number of rotatable bonds is 6. The fraction of sp³-hybridized carbons (Fsp3) is 0.913. The van der Waals surface area contributed by atoms with E-state index in [0.717, 1.165) is 45.2 Å². The van der Waals surface area contributed by atoms with E-state index in [-0.39, 0.29) is 35.9 Å². The lowest BCUT2D eigenvalue weighted by atomic mass is 9.46. The van der Waals surface area contributed by atoms with Crippen molar-refractivity contribution < 1.29 is 24.5 Å². The number of hydrogen-bond acceptors (Lipinski definition) is 5. The Hall–Kier alpha value is -1.34. The maximum atomic E-state index is 12.9. The third kappa shape index (κ3) is 4.33. The normalized spacial score (nSPS) is 38.8. The number of aliphatic hydroxyl groups is 2. The number of fused-ring (bicyclic) bond motifs is 1. The van der Waals surface area contributed by atoms with Gasteiger partial charge in [0.2, 0.25) is 5.91 Å². The molecular formula is C23H40N2O5. The van der Waals surface area contributed by atoms with Crippen LogP contribution in [0.1, 0.15) is 72.1 Å². The van der Waals surface area contributed by atoms with Crippen LogP contribution in [0.2, 0.25) is 0 Å². The molecule has 3 aliphatic rings. The average Bonchev–Trinajstić information content (AvgIpc) is 3.26.